The number of nitrogens with one attached hydrogen (secondary N) is 1. The minimum Gasteiger partial charge on any atom is -0.381 e. The first kappa shape index (κ1) is 24.0. The van der Waals surface area contributed by atoms with Gasteiger partial charge in [-0.25, -0.2) is 0 Å². The summed E-state index contributed by atoms with van der Waals surface area (Å²) in [5, 5.41) is 7.90. The molecule has 0 amide bonds. The van der Waals surface area contributed by atoms with Gasteiger partial charge in [0.05, 0.1) is 12.7 Å². The van der Waals surface area contributed by atoms with Crippen molar-refractivity contribution in [1.82, 2.24) is 20.0 Å². The van der Waals surface area contributed by atoms with Gasteiger partial charge in [-0.05, 0) is 49.8 Å². The van der Waals surface area contributed by atoms with E-state index in [1.54, 1.807) is 0 Å². The molecule has 0 aliphatic carbocycles. The van der Waals surface area contributed by atoms with E-state index in [4.69, 9.17) is 9.73 Å². The number of aryl methyl sites for hydroxylation is 2. The van der Waals surface area contributed by atoms with Crippen molar-refractivity contribution < 1.29 is 4.74 Å². The summed E-state index contributed by atoms with van der Waals surface area (Å²) >= 11 is 0. The molecule has 0 saturated carbocycles. The number of nitrogens with zero attached hydrogens (tertiary/aromatic N) is 4. The second-order valence-electron chi connectivity index (χ2n) is 8.76. The molecule has 2 aromatic rings. The molecule has 31 heavy (non-hydrogen) atoms. The number of guanidine groups is 1. The van der Waals surface area contributed by atoms with Crippen LogP contribution in [0, 0.1) is 6.92 Å². The molecular formula is C24H36IN5O. The van der Waals surface area contributed by atoms with Crippen molar-refractivity contribution >= 4 is 29.9 Å². The lowest BCUT2D eigenvalue weighted by molar-refractivity contribution is 0.0528. The van der Waals surface area contributed by atoms with Gasteiger partial charge in [0.25, 0.3) is 0 Å². The van der Waals surface area contributed by atoms with Gasteiger partial charge in [-0.3, -0.25) is 9.67 Å². The molecule has 1 unspecified atom stereocenters. The van der Waals surface area contributed by atoms with E-state index in [0.29, 0.717) is 5.92 Å². The molecule has 6 nitrogen and oxygen atoms in total. The van der Waals surface area contributed by atoms with E-state index in [9.17, 15) is 0 Å². The molecule has 2 aliphatic heterocycles. The third-order valence-electron chi connectivity index (χ3n) is 6.72. The summed E-state index contributed by atoms with van der Waals surface area (Å²) in [6, 6.07) is 8.80. The third-order valence-corrected chi connectivity index (χ3v) is 6.72. The molecule has 170 valence electrons. The summed E-state index contributed by atoms with van der Waals surface area (Å²) in [5.41, 5.74) is 4.18. The minimum absolute atomic E-state index is 0. The zero-order valence-electron chi connectivity index (χ0n) is 19.0. The summed E-state index contributed by atoms with van der Waals surface area (Å²) in [5.74, 6) is 1.57. The molecular weight excluding hydrogens is 501 g/mol. The van der Waals surface area contributed by atoms with Crippen LogP contribution < -0.4 is 5.32 Å². The Morgan fingerprint density at radius 2 is 2.06 bits per heavy atom. The quantitative estimate of drug-likeness (QED) is 0.358. The maximum absolute atomic E-state index is 5.72. The zero-order chi connectivity index (χ0) is 21.0. The standard InChI is InChI=1S/C24H35N5O.HI/c1-4-25-23(29-12-9-20(17-29)21-15-27-28(3)16-21)26-18-24(10-13-30-14-11-24)22-8-6-5-7-19(22)2;/h5-8,15-16,20H,4,9-14,17-18H2,1-3H3,(H,25,26);1H. The third kappa shape index (κ3) is 5.42. The maximum atomic E-state index is 5.72. The second-order valence-corrected chi connectivity index (χ2v) is 8.76. The molecule has 2 saturated heterocycles. The van der Waals surface area contributed by atoms with Gasteiger partial charge in [0, 0.05) is 57.4 Å². The Kier molecular flexibility index (Phi) is 8.38. The monoisotopic (exact) mass is 537 g/mol. The minimum atomic E-state index is 0. The average molecular weight is 537 g/mol. The van der Waals surface area contributed by atoms with E-state index in [2.05, 4.69) is 59.6 Å². The van der Waals surface area contributed by atoms with Crippen molar-refractivity contribution in [2.24, 2.45) is 12.0 Å². The summed E-state index contributed by atoms with van der Waals surface area (Å²) in [6.07, 6.45) is 7.35. The first-order valence-electron chi connectivity index (χ1n) is 11.3. The van der Waals surface area contributed by atoms with E-state index < -0.39 is 0 Å². The lowest BCUT2D eigenvalue weighted by Gasteiger charge is -2.38. The van der Waals surface area contributed by atoms with Crippen molar-refractivity contribution in [3.63, 3.8) is 0 Å². The molecule has 1 atom stereocenters. The molecule has 1 N–H and O–H groups in total. The van der Waals surface area contributed by atoms with Crippen LogP contribution in [0.25, 0.3) is 0 Å². The van der Waals surface area contributed by atoms with E-state index in [1.165, 1.54) is 16.7 Å². The van der Waals surface area contributed by atoms with E-state index >= 15 is 0 Å². The normalized spacial score (nSPS) is 21.1. The molecule has 1 aromatic heterocycles. The van der Waals surface area contributed by atoms with Crippen LogP contribution in [-0.4, -0.2) is 60.0 Å². The number of halogens is 1. The summed E-state index contributed by atoms with van der Waals surface area (Å²) in [4.78, 5) is 7.62. The largest absolute Gasteiger partial charge is 0.381 e. The van der Waals surface area contributed by atoms with Gasteiger partial charge in [0.1, 0.15) is 0 Å². The SMILES string of the molecule is CCNC(=NCC1(c2ccccc2C)CCOCC1)N1CCC(c2cnn(C)c2)C1.I. The topological polar surface area (TPSA) is 54.7 Å². The van der Waals surface area contributed by atoms with Crippen LogP contribution >= 0.6 is 24.0 Å². The van der Waals surface area contributed by atoms with Gasteiger partial charge >= 0.3 is 0 Å². The molecule has 0 bridgehead atoms. The zero-order valence-corrected chi connectivity index (χ0v) is 21.3. The highest BCUT2D eigenvalue weighted by Crippen LogP contribution is 2.37. The fourth-order valence-electron chi connectivity index (χ4n) is 4.97. The van der Waals surface area contributed by atoms with Crippen molar-refractivity contribution in [1.29, 1.82) is 0 Å². The van der Waals surface area contributed by atoms with Crippen LogP contribution in [-0.2, 0) is 17.2 Å². The number of ether oxygens (including phenoxy) is 1. The van der Waals surface area contributed by atoms with Crippen molar-refractivity contribution in [2.45, 2.75) is 44.4 Å². The molecule has 2 fully saturated rings. The fourth-order valence-corrected chi connectivity index (χ4v) is 4.97. The highest BCUT2D eigenvalue weighted by molar-refractivity contribution is 14.0. The Morgan fingerprint density at radius 3 is 2.74 bits per heavy atom. The van der Waals surface area contributed by atoms with Crippen LogP contribution in [0.4, 0.5) is 0 Å². The number of aromatic nitrogens is 2. The van der Waals surface area contributed by atoms with Crippen LogP contribution in [0.15, 0.2) is 41.7 Å². The Bertz CT molecular complexity index is 874. The summed E-state index contributed by atoms with van der Waals surface area (Å²) in [6.45, 7) is 9.71. The molecule has 3 heterocycles. The van der Waals surface area contributed by atoms with Gasteiger partial charge in [0.15, 0.2) is 5.96 Å². The molecule has 2 aliphatic rings. The Morgan fingerprint density at radius 1 is 1.29 bits per heavy atom. The smallest absolute Gasteiger partial charge is 0.193 e. The van der Waals surface area contributed by atoms with Crippen molar-refractivity contribution in [3.8, 4) is 0 Å². The lowest BCUT2D eigenvalue weighted by atomic mass is 9.72. The predicted octanol–water partition coefficient (Wildman–Crippen LogP) is 3.85. The first-order chi connectivity index (χ1) is 14.6. The molecule has 7 heteroatoms. The highest BCUT2D eigenvalue weighted by atomic mass is 127. The number of aliphatic imine (C=N–C) groups is 1. The van der Waals surface area contributed by atoms with E-state index in [-0.39, 0.29) is 29.4 Å². The van der Waals surface area contributed by atoms with Crippen LogP contribution in [0.5, 0.6) is 0 Å². The second kappa shape index (κ2) is 10.8. The van der Waals surface area contributed by atoms with E-state index in [0.717, 1.165) is 64.6 Å². The van der Waals surface area contributed by atoms with Gasteiger partial charge in [-0.15, -0.1) is 24.0 Å². The lowest BCUT2D eigenvalue weighted by Crippen LogP contribution is -2.43. The number of benzene rings is 1. The van der Waals surface area contributed by atoms with Crippen molar-refractivity contribution in [2.75, 3.05) is 39.4 Å². The maximum Gasteiger partial charge on any atom is 0.193 e. The fraction of sp³-hybridized carbons (Fsp3) is 0.583. The number of rotatable bonds is 5. The van der Waals surface area contributed by atoms with Gasteiger partial charge in [0.2, 0.25) is 0 Å². The number of hydrogen-bond acceptors (Lipinski definition) is 3. The van der Waals surface area contributed by atoms with Gasteiger partial charge in [-0.1, -0.05) is 24.3 Å². The van der Waals surface area contributed by atoms with Crippen LogP contribution in [0.3, 0.4) is 0 Å². The molecule has 0 spiro atoms. The van der Waals surface area contributed by atoms with Crippen LogP contribution in [0.2, 0.25) is 0 Å². The highest BCUT2D eigenvalue weighted by Gasteiger charge is 2.36. The Balaban J connectivity index is 0.00000272. The summed E-state index contributed by atoms with van der Waals surface area (Å²) in [7, 11) is 1.99. The van der Waals surface area contributed by atoms with Crippen molar-refractivity contribution in [3.05, 3.63) is 53.3 Å². The first-order valence-corrected chi connectivity index (χ1v) is 11.3. The van der Waals surface area contributed by atoms with Gasteiger partial charge in [-0.2, -0.15) is 5.10 Å². The Labute approximate surface area is 203 Å². The predicted molar refractivity (Wildman–Crippen MR) is 136 cm³/mol. The van der Waals surface area contributed by atoms with Crippen LogP contribution in [0.1, 0.15) is 48.8 Å². The number of likely N-dealkylation sites (tertiary alicyclic amines) is 1. The van der Waals surface area contributed by atoms with E-state index in [1.807, 2.05) is 17.9 Å². The molecule has 0 radical (unpaired) electrons. The molecule has 1 aromatic carbocycles. The molecule has 4 rings (SSSR count). The van der Waals surface area contributed by atoms with Gasteiger partial charge < -0.3 is 15.0 Å². The Hall–Kier alpha value is -1.61. The summed E-state index contributed by atoms with van der Waals surface area (Å²) < 4.78 is 7.62. The average Bonchev–Trinajstić information content (AvgIpc) is 3.41. The number of hydrogen-bond donors (Lipinski definition) is 1.